The molecule has 0 saturated heterocycles. The molecule has 5 nitrogen and oxygen atoms in total. The zero-order chi connectivity index (χ0) is 12.9. The van der Waals surface area contributed by atoms with Crippen molar-refractivity contribution in [2.45, 2.75) is 0 Å². The first-order chi connectivity index (χ1) is 8.59. The number of amides is 1. The van der Waals surface area contributed by atoms with Crippen LogP contribution in [0.1, 0.15) is 5.56 Å². The Morgan fingerprint density at radius 2 is 2.11 bits per heavy atom. The smallest absolute Gasteiger partial charge is 0.277 e. The molecule has 2 N–H and O–H groups in total. The first-order valence-electron chi connectivity index (χ1n) is 5.30. The summed E-state index contributed by atoms with van der Waals surface area (Å²) < 4.78 is 1.61. The molecule has 0 aliphatic carbocycles. The predicted molar refractivity (Wildman–Crippen MR) is 71.9 cm³/mol. The zero-order valence-electron chi connectivity index (χ0n) is 9.47. The average Bonchev–Trinajstić information content (AvgIpc) is 2.79. The summed E-state index contributed by atoms with van der Waals surface area (Å²) in [6, 6.07) is 7.41. The van der Waals surface area contributed by atoms with Crippen molar-refractivity contribution < 1.29 is 9.90 Å². The largest absolute Gasteiger partial charge is 0.494 e. The maximum atomic E-state index is 11.7. The number of rotatable bonds is 1. The molecule has 0 spiro atoms. The lowest BCUT2D eigenvalue weighted by atomic mass is 10.1. The molecular formula is C12H9N3O2S. The van der Waals surface area contributed by atoms with E-state index >= 15 is 0 Å². The number of carbonyl (C=O) groups excluding carboxylic acids is 1. The molecule has 0 bridgehead atoms. The second-order valence-electron chi connectivity index (χ2n) is 3.99. The summed E-state index contributed by atoms with van der Waals surface area (Å²) >= 11 is 4.84. The van der Waals surface area contributed by atoms with Gasteiger partial charge in [0.2, 0.25) is 11.0 Å². The summed E-state index contributed by atoms with van der Waals surface area (Å²) in [5.41, 5.74) is 1.41. The maximum absolute atomic E-state index is 11.7. The van der Waals surface area contributed by atoms with Crippen LogP contribution in [0.3, 0.4) is 0 Å². The third-order valence-electron chi connectivity index (χ3n) is 2.96. The number of fused-ring (bicyclic) bond motifs is 1. The Hall–Kier alpha value is -2.21. The minimum atomic E-state index is -0.383. The minimum Gasteiger partial charge on any atom is -0.494 e. The first kappa shape index (κ1) is 10.9. The van der Waals surface area contributed by atoms with Crippen molar-refractivity contribution in [3.8, 4) is 5.88 Å². The summed E-state index contributed by atoms with van der Waals surface area (Å²) in [4.78, 5) is 15.7. The lowest BCUT2D eigenvalue weighted by Crippen LogP contribution is -2.25. The maximum Gasteiger partial charge on any atom is 0.277 e. The van der Waals surface area contributed by atoms with E-state index in [0.29, 0.717) is 5.56 Å². The van der Waals surface area contributed by atoms with Crippen LogP contribution in [-0.2, 0) is 11.8 Å². The van der Waals surface area contributed by atoms with Gasteiger partial charge in [0.05, 0.1) is 11.1 Å². The molecule has 0 atom stereocenters. The van der Waals surface area contributed by atoms with Gasteiger partial charge in [-0.25, -0.2) is 4.99 Å². The number of carbonyl (C=O) groups is 1. The standard InChI is InChI=1S/C12H9N3O2S/c1-15-7-5-3-2-4-6(7)8(11(15)17)9-10(16)14-12(18)13-9/h2-5,17H,1H3,(H,14,16,18). The molecule has 90 valence electrons. The van der Waals surface area contributed by atoms with Gasteiger partial charge in [-0.2, -0.15) is 0 Å². The van der Waals surface area contributed by atoms with Crippen LogP contribution in [0.2, 0.25) is 0 Å². The van der Waals surface area contributed by atoms with Gasteiger partial charge in [-0.05, 0) is 18.3 Å². The molecule has 0 fully saturated rings. The monoisotopic (exact) mass is 259 g/mol. The van der Waals surface area contributed by atoms with E-state index < -0.39 is 0 Å². The second-order valence-corrected chi connectivity index (χ2v) is 4.38. The van der Waals surface area contributed by atoms with Crippen LogP contribution in [0.25, 0.3) is 10.9 Å². The number of hydrogen-bond acceptors (Lipinski definition) is 3. The topological polar surface area (TPSA) is 66.6 Å². The number of para-hydroxylation sites is 1. The molecule has 6 heteroatoms. The molecule has 0 saturated carbocycles. The van der Waals surface area contributed by atoms with E-state index in [1.54, 1.807) is 11.6 Å². The predicted octanol–water partition coefficient (Wildman–Crippen LogP) is 1.09. The van der Waals surface area contributed by atoms with Crippen LogP contribution in [0.5, 0.6) is 5.88 Å². The van der Waals surface area contributed by atoms with Crippen molar-refractivity contribution in [1.29, 1.82) is 0 Å². The molecule has 2 heterocycles. The zero-order valence-corrected chi connectivity index (χ0v) is 10.3. The summed E-state index contributed by atoms with van der Waals surface area (Å²) in [7, 11) is 1.73. The molecule has 0 unspecified atom stereocenters. The van der Waals surface area contributed by atoms with Crippen LogP contribution in [0.15, 0.2) is 29.3 Å². The average molecular weight is 259 g/mol. The van der Waals surface area contributed by atoms with E-state index in [0.717, 1.165) is 10.9 Å². The van der Waals surface area contributed by atoms with Crippen LogP contribution in [0, 0.1) is 0 Å². The van der Waals surface area contributed by atoms with E-state index in [1.807, 2.05) is 24.3 Å². The Kier molecular flexibility index (Phi) is 2.21. The third kappa shape index (κ3) is 1.36. The van der Waals surface area contributed by atoms with Gasteiger partial charge in [0.1, 0.15) is 5.71 Å². The van der Waals surface area contributed by atoms with E-state index in [9.17, 15) is 9.90 Å². The van der Waals surface area contributed by atoms with Gasteiger partial charge in [-0.3, -0.25) is 10.1 Å². The summed E-state index contributed by atoms with van der Waals surface area (Å²) in [5.74, 6) is -0.374. The molecule has 1 aliphatic heterocycles. The van der Waals surface area contributed by atoms with E-state index in [1.165, 1.54) is 0 Å². The van der Waals surface area contributed by atoms with Gasteiger partial charge in [0.15, 0.2) is 0 Å². The van der Waals surface area contributed by atoms with Crippen LogP contribution in [0.4, 0.5) is 0 Å². The number of aliphatic imine (C=N–C) groups is 1. The highest BCUT2D eigenvalue weighted by Gasteiger charge is 2.28. The number of aromatic nitrogens is 1. The Bertz CT molecular complexity index is 730. The normalized spacial score (nSPS) is 15.1. The Morgan fingerprint density at radius 1 is 1.39 bits per heavy atom. The van der Waals surface area contributed by atoms with Crippen molar-refractivity contribution in [2.24, 2.45) is 12.0 Å². The highest BCUT2D eigenvalue weighted by atomic mass is 32.1. The van der Waals surface area contributed by atoms with Crippen LogP contribution in [-0.4, -0.2) is 26.4 Å². The lowest BCUT2D eigenvalue weighted by Gasteiger charge is -1.98. The summed E-state index contributed by atoms with van der Waals surface area (Å²) in [5, 5.41) is 13.5. The van der Waals surface area contributed by atoms with E-state index in [2.05, 4.69) is 10.3 Å². The molecule has 18 heavy (non-hydrogen) atoms. The SMILES string of the molecule is Cn1c(O)c(C2=NC(=S)NC2=O)c2ccccc21. The van der Waals surface area contributed by atoms with Gasteiger partial charge in [-0.15, -0.1) is 0 Å². The number of thiocarbonyl (C=S) groups is 1. The number of benzene rings is 1. The van der Waals surface area contributed by atoms with Crippen molar-refractivity contribution in [3.63, 3.8) is 0 Å². The van der Waals surface area contributed by atoms with Crippen molar-refractivity contribution in [2.75, 3.05) is 0 Å². The molecule has 1 amide bonds. The van der Waals surface area contributed by atoms with Gasteiger partial charge >= 0.3 is 0 Å². The molecule has 1 aromatic carbocycles. The molecule has 3 rings (SSSR count). The van der Waals surface area contributed by atoms with Crippen molar-refractivity contribution >= 4 is 39.9 Å². The Balaban J connectivity index is 2.37. The second kappa shape index (κ2) is 3.64. The van der Waals surface area contributed by atoms with Crippen molar-refractivity contribution in [3.05, 3.63) is 29.8 Å². The molecular weight excluding hydrogens is 250 g/mol. The quantitative estimate of drug-likeness (QED) is 0.753. The number of nitrogens with one attached hydrogen (secondary N) is 1. The van der Waals surface area contributed by atoms with Crippen LogP contribution >= 0.6 is 12.2 Å². The number of aryl methyl sites for hydroxylation is 1. The lowest BCUT2D eigenvalue weighted by molar-refractivity contribution is -0.113. The summed E-state index contributed by atoms with van der Waals surface area (Å²) in [6.07, 6.45) is 0. The number of nitrogens with zero attached hydrogens (tertiary/aromatic N) is 2. The highest BCUT2D eigenvalue weighted by molar-refractivity contribution is 7.80. The number of aromatic hydroxyl groups is 1. The molecule has 0 radical (unpaired) electrons. The molecule has 2 aromatic rings. The van der Waals surface area contributed by atoms with Crippen LogP contribution < -0.4 is 5.32 Å². The van der Waals surface area contributed by atoms with Crippen molar-refractivity contribution in [1.82, 2.24) is 9.88 Å². The Morgan fingerprint density at radius 3 is 2.78 bits per heavy atom. The minimum absolute atomic E-state index is 0.00907. The van der Waals surface area contributed by atoms with Gasteiger partial charge in [0, 0.05) is 12.4 Å². The fourth-order valence-electron chi connectivity index (χ4n) is 2.12. The molecule has 1 aromatic heterocycles. The van der Waals surface area contributed by atoms with Gasteiger partial charge in [-0.1, -0.05) is 18.2 Å². The summed E-state index contributed by atoms with van der Waals surface area (Å²) in [6.45, 7) is 0. The fraction of sp³-hybridized carbons (Fsp3) is 0.0833. The Labute approximate surface area is 108 Å². The highest BCUT2D eigenvalue weighted by Crippen LogP contribution is 2.31. The van der Waals surface area contributed by atoms with E-state index in [-0.39, 0.29) is 22.6 Å². The van der Waals surface area contributed by atoms with E-state index in [4.69, 9.17) is 12.2 Å². The first-order valence-corrected chi connectivity index (χ1v) is 5.71. The fourth-order valence-corrected chi connectivity index (χ4v) is 2.30. The third-order valence-corrected chi connectivity index (χ3v) is 3.16. The van der Waals surface area contributed by atoms with Gasteiger partial charge in [0.25, 0.3) is 5.91 Å². The van der Waals surface area contributed by atoms with Gasteiger partial charge < -0.3 is 9.67 Å². The number of hydrogen-bond donors (Lipinski definition) is 2. The molecule has 1 aliphatic rings.